The van der Waals surface area contributed by atoms with Crippen molar-refractivity contribution >= 4 is 22.9 Å². The van der Waals surface area contributed by atoms with Crippen LogP contribution in [0.2, 0.25) is 5.02 Å². The van der Waals surface area contributed by atoms with Gasteiger partial charge in [0.1, 0.15) is 11.9 Å². The Hall–Kier alpha value is -2.25. The number of aliphatic hydroxyl groups is 1. The fourth-order valence-corrected chi connectivity index (χ4v) is 2.71. The predicted octanol–water partition coefficient (Wildman–Crippen LogP) is 5.45. The van der Waals surface area contributed by atoms with Crippen molar-refractivity contribution in [3.63, 3.8) is 0 Å². The summed E-state index contributed by atoms with van der Waals surface area (Å²) in [6.45, 7) is 5.19. The van der Waals surface area contributed by atoms with Crippen LogP contribution in [0.5, 0.6) is 0 Å². The fourth-order valence-electron chi connectivity index (χ4n) is 2.54. The van der Waals surface area contributed by atoms with E-state index in [1.807, 2.05) is 0 Å². The summed E-state index contributed by atoms with van der Waals surface area (Å²) in [7, 11) is 0. The van der Waals surface area contributed by atoms with Crippen molar-refractivity contribution in [2.45, 2.75) is 33.2 Å². The zero-order valence-corrected chi connectivity index (χ0v) is 15.7. The number of nitrogens with zero attached hydrogens (tertiary/aromatic N) is 2. The lowest BCUT2D eigenvalue weighted by atomic mass is 9.93. The average molecular weight is 398 g/mol. The zero-order valence-electron chi connectivity index (χ0n) is 15.0. The first-order chi connectivity index (χ1) is 12.4. The quantitative estimate of drug-likeness (QED) is 0.578. The van der Waals surface area contributed by atoms with E-state index in [-0.39, 0.29) is 5.69 Å². The maximum atomic E-state index is 13.4. The van der Waals surface area contributed by atoms with Crippen molar-refractivity contribution in [3.8, 4) is 11.3 Å². The first-order valence-corrected chi connectivity index (χ1v) is 8.63. The number of aliphatic hydroxyl groups excluding tert-OH is 1. The van der Waals surface area contributed by atoms with Gasteiger partial charge in [0.2, 0.25) is 0 Å². The summed E-state index contributed by atoms with van der Waals surface area (Å²) in [4.78, 5) is 4.42. The third-order valence-electron chi connectivity index (χ3n) is 4.15. The van der Waals surface area contributed by atoms with E-state index in [0.717, 1.165) is 6.07 Å². The molecule has 144 valence electrons. The van der Waals surface area contributed by atoms with Crippen LogP contribution in [0.15, 0.2) is 42.7 Å². The van der Waals surface area contributed by atoms with Gasteiger partial charge in [0, 0.05) is 29.1 Å². The highest BCUT2D eigenvalue weighted by Crippen LogP contribution is 2.38. The SMILES string of the molecule is CC(C)(C)C(O)Nc1cc(-c2cn3cc(Cl)ccc3n2)ccc1C(F)(F)F. The summed E-state index contributed by atoms with van der Waals surface area (Å²) in [6.07, 6.45) is -2.35. The van der Waals surface area contributed by atoms with Gasteiger partial charge < -0.3 is 14.8 Å². The van der Waals surface area contributed by atoms with E-state index in [4.69, 9.17) is 11.6 Å². The van der Waals surface area contributed by atoms with Crippen LogP contribution in [-0.4, -0.2) is 20.7 Å². The fraction of sp³-hybridized carbons (Fsp3) is 0.316. The highest BCUT2D eigenvalue weighted by atomic mass is 35.5. The molecule has 0 saturated carbocycles. The summed E-state index contributed by atoms with van der Waals surface area (Å²) in [5.74, 6) is 0. The predicted molar refractivity (Wildman–Crippen MR) is 99.7 cm³/mol. The lowest BCUT2D eigenvalue weighted by Gasteiger charge is -2.28. The van der Waals surface area contributed by atoms with Crippen LogP contribution in [0, 0.1) is 5.41 Å². The number of rotatable bonds is 3. The topological polar surface area (TPSA) is 49.6 Å². The summed E-state index contributed by atoms with van der Waals surface area (Å²) in [5.41, 5.74) is -0.0678. The number of halogens is 4. The van der Waals surface area contributed by atoms with E-state index in [2.05, 4.69) is 10.3 Å². The zero-order chi connectivity index (χ0) is 20.0. The Morgan fingerprint density at radius 1 is 1.11 bits per heavy atom. The lowest BCUT2D eigenvalue weighted by molar-refractivity contribution is -0.137. The van der Waals surface area contributed by atoms with Gasteiger partial charge in [-0.3, -0.25) is 0 Å². The van der Waals surface area contributed by atoms with Crippen LogP contribution in [0.25, 0.3) is 16.9 Å². The minimum absolute atomic E-state index is 0.197. The Bertz CT molecular complexity index is 976. The highest BCUT2D eigenvalue weighted by molar-refractivity contribution is 6.30. The number of anilines is 1. The van der Waals surface area contributed by atoms with Crippen LogP contribution in [0.3, 0.4) is 0 Å². The van der Waals surface area contributed by atoms with Crippen LogP contribution >= 0.6 is 11.6 Å². The molecule has 2 heterocycles. The number of alkyl halides is 3. The number of pyridine rings is 1. The summed E-state index contributed by atoms with van der Waals surface area (Å²) in [5, 5.41) is 13.3. The number of aromatic nitrogens is 2. The van der Waals surface area contributed by atoms with Crippen molar-refractivity contribution in [2.24, 2.45) is 5.41 Å². The van der Waals surface area contributed by atoms with Crippen molar-refractivity contribution < 1.29 is 18.3 Å². The second-order valence-electron chi connectivity index (χ2n) is 7.41. The second kappa shape index (κ2) is 6.73. The molecule has 1 atom stereocenters. The molecule has 0 aliphatic rings. The van der Waals surface area contributed by atoms with Gasteiger partial charge >= 0.3 is 6.18 Å². The largest absolute Gasteiger partial charge is 0.418 e. The number of nitrogens with one attached hydrogen (secondary N) is 1. The third-order valence-corrected chi connectivity index (χ3v) is 4.37. The van der Waals surface area contributed by atoms with Gasteiger partial charge in [-0.1, -0.05) is 38.4 Å². The van der Waals surface area contributed by atoms with Crippen LogP contribution in [-0.2, 0) is 6.18 Å². The Kier molecular flexibility index (Phi) is 4.86. The highest BCUT2D eigenvalue weighted by Gasteiger charge is 2.35. The molecule has 0 bridgehead atoms. The van der Waals surface area contributed by atoms with E-state index in [1.165, 1.54) is 12.1 Å². The van der Waals surface area contributed by atoms with E-state index in [9.17, 15) is 18.3 Å². The van der Waals surface area contributed by atoms with Gasteiger partial charge in [-0.2, -0.15) is 13.2 Å². The van der Waals surface area contributed by atoms with E-state index in [1.54, 1.807) is 49.7 Å². The number of hydrogen-bond acceptors (Lipinski definition) is 3. The summed E-state index contributed by atoms with van der Waals surface area (Å²) >= 11 is 5.96. The first kappa shape index (κ1) is 19.5. The maximum absolute atomic E-state index is 13.4. The number of fused-ring (bicyclic) bond motifs is 1. The molecule has 0 amide bonds. The minimum atomic E-state index is -4.55. The average Bonchev–Trinajstić information content (AvgIpc) is 2.95. The monoisotopic (exact) mass is 397 g/mol. The van der Waals surface area contributed by atoms with Crippen LogP contribution in [0.4, 0.5) is 18.9 Å². The molecule has 3 aromatic rings. The molecule has 0 saturated heterocycles. The molecule has 0 fully saturated rings. The van der Waals surface area contributed by atoms with Crippen LogP contribution in [0.1, 0.15) is 26.3 Å². The normalized spacial score (nSPS) is 13.8. The number of benzene rings is 1. The third kappa shape index (κ3) is 4.20. The standard InChI is InChI=1S/C19H19ClF3N3O/c1-18(2,3)17(27)25-14-8-11(4-6-13(14)19(21,22)23)15-10-26-9-12(20)5-7-16(26)24-15/h4-10,17,25,27H,1-3H3. The molecule has 8 heteroatoms. The Labute approximate surface area is 159 Å². The Morgan fingerprint density at radius 3 is 2.44 bits per heavy atom. The van der Waals surface area contributed by atoms with Gasteiger partial charge in [0.15, 0.2) is 0 Å². The molecule has 1 aromatic carbocycles. The maximum Gasteiger partial charge on any atom is 0.418 e. The molecule has 27 heavy (non-hydrogen) atoms. The van der Waals surface area contributed by atoms with Crippen molar-refractivity contribution in [1.29, 1.82) is 0 Å². The Morgan fingerprint density at radius 2 is 1.81 bits per heavy atom. The first-order valence-electron chi connectivity index (χ1n) is 8.25. The second-order valence-corrected chi connectivity index (χ2v) is 7.85. The minimum Gasteiger partial charge on any atom is -0.373 e. The van der Waals surface area contributed by atoms with Gasteiger partial charge in [-0.05, 0) is 24.3 Å². The smallest absolute Gasteiger partial charge is 0.373 e. The van der Waals surface area contributed by atoms with E-state index in [0.29, 0.717) is 21.9 Å². The molecular formula is C19H19ClF3N3O. The van der Waals surface area contributed by atoms with Crippen molar-refractivity contribution in [2.75, 3.05) is 5.32 Å². The molecule has 2 N–H and O–H groups in total. The molecule has 0 spiro atoms. The number of hydrogen-bond donors (Lipinski definition) is 2. The molecule has 3 rings (SSSR count). The van der Waals surface area contributed by atoms with Gasteiger partial charge in [0.25, 0.3) is 0 Å². The van der Waals surface area contributed by atoms with Crippen molar-refractivity contribution in [1.82, 2.24) is 9.38 Å². The summed E-state index contributed by atoms with van der Waals surface area (Å²) < 4.78 is 41.9. The molecule has 4 nitrogen and oxygen atoms in total. The van der Waals surface area contributed by atoms with Gasteiger partial charge in [-0.25, -0.2) is 4.98 Å². The van der Waals surface area contributed by atoms with E-state index >= 15 is 0 Å². The lowest BCUT2D eigenvalue weighted by Crippen LogP contribution is -2.34. The molecule has 0 aliphatic carbocycles. The number of imidazole rings is 1. The molecule has 0 radical (unpaired) electrons. The molecule has 0 aliphatic heterocycles. The van der Waals surface area contributed by atoms with Gasteiger partial charge in [0.05, 0.1) is 16.3 Å². The molecule has 2 aromatic heterocycles. The van der Waals surface area contributed by atoms with Gasteiger partial charge in [-0.15, -0.1) is 0 Å². The van der Waals surface area contributed by atoms with Crippen molar-refractivity contribution in [3.05, 3.63) is 53.3 Å². The summed E-state index contributed by atoms with van der Waals surface area (Å²) in [6, 6.07) is 7.11. The molecule has 1 unspecified atom stereocenters. The van der Waals surface area contributed by atoms with E-state index < -0.39 is 23.4 Å². The Balaban J connectivity index is 2.07. The van der Waals surface area contributed by atoms with Crippen LogP contribution < -0.4 is 5.32 Å². The molecular weight excluding hydrogens is 379 g/mol.